The number of nitrogens with one attached hydrogen (secondary N) is 1. The van der Waals surface area contributed by atoms with Crippen LogP contribution in [-0.4, -0.2) is 12.6 Å². The van der Waals surface area contributed by atoms with Gasteiger partial charge in [0.1, 0.15) is 0 Å². The van der Waals surface area contributed by atoms with Crippen LogP contribution in [0.2, 0.25) is 0 Å². The van der Waals surface area contributed by atoms with Gasteiger partial charge in [0.25, 0.3) is 0 Å². The summed E-state index contributed by atoms with van der Waals surface area (Å²) in [7, 11) is 0. The van der Waals surface area contributed by atoms with Crippen LogP contribution in [0.25, 0.3) is 0 Å². The van der Waals surface area contributed by atoms with Gasteiger partial charge in [-0.1, -0.05) is 37.6 Å². The Balaban J connectivity index is 2.12. The fraction of sp³-hybridized carbons (Fsp3) is 0.647. The van der Waals surface area contributed by atoms with E-state index in [9.17, 15) is 0 Å². The van der Waals surface area contributed by atoms with Crippen molar-refractivity contribution in [3.63, 3.8) is 0 Å². The second-order valence-corrected chi connectivity index (χ2v) is 6.27. The van der Waals surface area contributed by atoms with Gasteiger partial charge in [-0.2, -0.15) is 0 Å². The molecule has 1 aliphatic rings. The summed E-state index contributed by atoms with van der Waals surface area (Å²) < 4.78 is 0. The van der Waals surface area contributed by atoms with Crippen LogP contribution in [0.4, 0.5) is 0 Å². The summed E-state index contributed by atoms with van der Waals surface area (Å²) in [6.45, 7) is 10.3. The Kier molecular flexibility index (Phi) is 4.11. The van der Waals surface area contributed by atoms with Crippen molar-refractivity contribution in [2.75, 3.05) is 6.54 Å². The summed E-state index contributed by atoms with van der Waals surface area (Å²) in [6.07, 6.45) is 5.16. The zero-order chi connectivity index (χ0) is 13.2. The van der Waals surface area contributed by atoms with E-state index in [0.717, 1.165) is 12.6 Å². The van der Waals surface area contributed by atoms with Gasteiger partial charge < -0.3 is 5.32 Å². The number of rotatable bonds is 4. The van der Waals surface area contributed by atoms with Gasteiger partial charge in [-0.3, -0.25) is 0 Å². The molecule has 0 aliphatic heterocycles. The quantitative estimate of drug-likeness (QED) is 0.841. The molecule has 1 aliphatic carbocycles. The first-order valence-electron chi connectivity index (χ1n) is 7.36. The number of aryl methyl sites for hydroxylation is 2. The normalized spacial score (nSPS) is 27.7. The molecule has 0 radical (unpaired) electrons. The molecule has 18 heavy (non-hydrogen) atoms. The van der Waals surface area contributed by atoms with E-state index < -0.39 is 0 Å². The summed E-state index contributed by atoms with van der Waals surface area (Å²) in [5.41, 5.74) is 4.78. The van der Waals surface area contributed by atoms with Crippen LogP contribution in [0.15, 0.2) is 18.2 Å². The summed E-state index contributed by atoms with van der Waals surface area (Å²) in [5.74, 6) is 0. The molecule has 1 saturated carbocycles. The van der Waals surface area contributed by atoms with Crippen LogP contribution in [-0.2, 0) is 5.41 Å². The molecule has 1 heteroatoms. The Bertz CT molecular complexity index is 410. The van der Waals surface area contributed by atoms with E-state index in [2.05, 4.69) is 51.2 Å². The van der Waals surface area contributed by atoms with Crippen molar-refractivity contribution in [3.05, 3.63) is 34.9 Å². The minimum absolute atomic E-state index is 0.378. The van der Waals surface area contributed by atoms with Crippen LogP contribution in [0, 0.1) is 13.8 Å². The highest BCUT2D eigenvalue weighted by molar-refractivity contribution is 5.37. The smallest absolute Gasteiger partial charge is 0.00757 e. The molecule has 0 aromatic heterocycles. The SMILES string of the molecule is CCCNC1CCC(C)(c2ccc(C)cc2C)C1. The summed E-state index contributed by atoms with van der Waals surface area (Å²) in [4.78, 5) is 0. The van der Waals surface area contributed by atoms with Gasteiger partial charge in [-0.05, 0) is 62.6 Å². The lowest BCUT2D eigenvalue weighted by molar-refractivity contribution is 0.451. The molecule has 2 unspecified atom stereocenters. The zero-order valence-corrected chi connectivity index (χ0v) is 12.3. The van der Waals surface area contributed by atoms with Gasteiger partial charge in [-0.25, -0.2) is 0 Å². The van der Waals surface area contributed by atoms with Crippen LogP contribution in [0.5, 0.6) is 0 Å². The molecule has 0 heterocycles. The van der Waals surface area contributed by atoms with Gasteiger partial charge >= 0.3 is 0 Å². The Morgan fingerprint density at radius 3 is 2.78 bits per heavy atom. The standard InChI is InChI=1S/C17H27N/c1-5-10-18-15-8-9-17(4,12-15)16-7-6-13(2)11-14(16)3/h6-7,11,15,18H,5,8-10,12H2,1-4H3. The lowest BCUT2D eigenvalue weighted by atomic mass is 9.78. The molecular formula is C17H27N. The van der Waals surface area contributed by atoms with Gasteiger partial charge in [0.2, 0.25) is 0 Å². The molecule has 2 rings (SSSR count). The van der Waals surface area contributed by atoms with Crippen molar-refractivity contribution >= 4 is 0 Å². The van der Waals surface area contributed by atoms with Crippen molar-refractivity contribution in [2.45, 2.75) is 64.8 Å². The van der Waals surface area contributed by atoms with Crippen molar-refractivity contribution in [3.8, 4) is 0 Å². The summed E-state index contributed by atoms with van der Waals surface area (Å²) in [5, 5.41) is 3.69. The molecule has 0 amide bonds. The number of benzene rings is 1. The van der Waals surface area contributed by atoms with Gasteiger partial charge in [0, 0.05) is 6.04 Å². The predicted molar refractivity (Wildman–Crippen MR) is 79.2 cm³/mol. The fourth-order valence-electron chi connectivity index (χ4n) is 3.50. The maximum atomic E-state index is 3.69. The van der Waals surface area contributed by atoms with E-state index in [-0.39, 0.29) is 0 Å². The van der Waals surface area contributed by atoms with Gasteiger partial charge in [0.15, 0.2) is 0 Å². The molecule has 0 spiro atoms. The van der Waals surface area contributed by atoms with E-state index in [1.807, 2.05) is 0 Å². The molecule has 1 nitrogen and oxygen atoms in total. The molecule has 0 saturated heterocycles. The average molecular weight is 245 g/mol. The van der Waals surface area contributed by atoms with Crippen LogP contribution in [0.1, 0.15) is 56.2 Å². The minimum atomic E-state index is 0.378. The Morgan fingerprint density at radius 2 is 2.11 bits per heavy atom. The average Bonchev–Trinajstić information content (AvgIpc) is 2.69. The van der Waals surface area contributed by atoms with Crippen molar-refractivity contribution in [1.29, 1.82) is 0 Å². The monoisotopic (exact) mass is 245 g/mol. The van der Waals surface area contributed by atoms with E-state index in [1.165, 1.54) is 36.8 Å². The molecule has 1 aromatic rings. The number of hydrogen-bond acceptors (Lipinski definition) is 1. The highest BCUT2D eigenvalue weighted by Gasteiger charge is 2.36. The maximum absolute atomic E-state index is 3.69. The third-order valence-corrected chi connectivity index (χ3v) is 4.46. The Labute approximate surface area is 112 Å². The lowest BCUT2D eigenvalue weighted by Crippen LogP contribution is -2.29. The molecule has 0 bridgehead atoms. The highest BCUT2D eigenvalue weighted by Crippen LogP contribution is 2.42. The van der Waals surface area contributed by atoms with Crippen molar-refractivity contribution < 1.29 is 0 Å². The Hall–Kier alpha value is -0.820. The molecule has 1 aromatic carbocycles. The van der Waals surface area contributed by atoms with Crippen molar-refractivity contribution in [2.24, 2.45) is 0 Å². The van der Waals surface area contributed by atoms with E-state index in [4.69, 9.17) is 0 Å². The first-order chi connectivity index (χ1) is 8.55. The third-order valence-electron chi connectivity index (χ3n) is 4.46. The fourth-order valence-corrected chi connectivity index (χ4v) is 3.50. The third kappa shape index (κ3) is 2.77. The maximum Gasteiger partial charge on any atom is 0.00757 e. The molecule has 2 atom stereocenters. The van der Waals surface area contributed by atoms with Crippen molar-refractivity contribution in [1.82, 2.24) is 5.32 Å². The van der Waals surface area contributed by atoms with E-state index in [1.54, 1.807) is 5.56 Å². The minimum Gasteiger partial charge on any atom is -0.314 e. The molecular weight excluding hydrogens is 218 g/mol. The Morgan fingerprint density at radius 1 is 1.33 bits per heavy atom. The molecule has 100 valence electrons. The lowest BCUT2D eigenvalue weighted by Gasteiger charge is -2.27. The molecule has 1 fully saturated rings. The van der Waals surface area contributed by atoms with E-state index in [0.29, 0.717) is 5.41 Å². The highest BCUT2D eigenvalue weighted by atomic mass is 14.9. The summed E-state index contributed by atoms with van der Waals surface area (Å²) >= 11 is 0. The first kappa shape index (κ1) is 13.6. The predicted octanol–water partition coefficient (Wildman–Crippen LogP) is 4.11. The van der Waals surface area contributed by atoms with Crippen LogP contribution in [0.3, 0.4) is 0 Å². The topological polar surface area (TPSA) is 12.0 Å². The summed E-state index contributed by atoms with van der Waals surface area (Å²) in [6, 6.07) is 7.66. The van der Waals surface area contributed by atoms with Crippen LogP contribution < -0.4 is 5.32 Å². The van der Waals surface area contributed by atoms with Gasteiger partial charge in [-0.15, -0.1) is 0 Å². The zero-order valence-electron chi connectivity index (χ0n) is 12.3. The van der Waals surface area contributed by atoms with Gasteiger partial charge in [0.05, 0.1) is 0 Å². The van der Waals surface area contributed by atoms with Crippen LogP contribution >= 0.6 is 0 Å². The molecule has 1 N–H and O–H groups in total. The van der Waals surface area contributed by atoms with E-state index >= 15 is 0 Å². The largest absolute Gasteiger partial charge is 0.314 e. The second-order valence-electron chi connectivity index (χ2n) is 6.27. The first-order valence-corrected chi connectivity index (χ1v) is 7.36. The second kappa shape index (κ2) is 5.44. The number of hydrogen-bond donors (Lipinski definition) is 1.